The minimum atomic E-state index is -3.89. The SMILES string of the molecule is CNC(=O)C1CCN(S(=O)(=O)c2ccccc2-c2c3ccc(=[N+]4CCc5ccccc54)cc-3oc3cc(N4CCc5ccccc54)ccc23)CC1. The van der Waals surface area contributed by atoms with Crippen molar-refractivity contribution in [2.75, 3.05) is 38.1 Å². The largest absolute Gasteiger partial charge is 0.456 e. The van der Waals surface area contributed by atoms with Crippen LogP contribution < -0.4 is 20.1 Å². The molecule has 4 aromatic rings. The zero-order valence-corrected chi connectivity index (χ0v) is 29.3. The number of hydrogen-bond donors (Lipinski definition) is 1. The van der Waals surface area contributed by atoms with E-state index < -0.39 is 10.0 Å². The zero-order valence-electron chi connectivity index (χ0n) is 28.5. The van der Waals surface area contributed by atoms with Gasteiger partial charge < -0.3 is 14.6 Å². The minimum absolute atomic E-state index is 0.0352. The fourth-order valence-corrected chi connectivity index (χ4v) is 9.97. The first-order valence-corrected chi connectivity index (χ1v) is 19.2. The van der Waals surface area contributed by atoms with Crippen molar-refractivity contribution >= 4 is 44.0 Å². The number of para-hydroxylation sites is 2. The molecule has 9 heteroatoms. The number of anilines is 2. The molecule has 1 saturated heterocycles. The Morgan fingerprint density at radius 1 is 0.804 bits per heavy atom. The third-order valence-corrected chi connectivity index (χ3v) is 12.9. The second kappa shape index (κ2) is 12.5. The molecule has 0 radical (unpaired) electrons. The van der Waals surface area contributed by atoms with Gasteiger partial charge in [0.1, 0.15) is 11.3 Å². The van der Waals surface area contributed by atoms with Gasteiger partial charge in [-0.1, -0.05) is 54.6 Å². The van der Waals surface area contributed by atoms with Crippen molar-refractivity contribution in [1.82, 2.24) is 14.2 Å². The Kier molecular flexibility index (Phi) is 7.78. The van der Waals surface area contributed by atoms with Gasteiger partial charge in [-0.05, 0) is 55.2 Å². The van der Waals surface area contributed by atoms with Crippen molar-refractivity contribution in [2.24, 2.45) is 5.92 Å². The van der Waals surface area contributed by atoms with Crippen molar-refractivity contribution in [3.8, 4) is 22.5 Å². The predicted octanol–water partition coefficient (Wildman–Crippen LogP) is 6.71. The van der Waals surface area contributed by atoms with Gasteiger partial charge in [0.25, 0.3) is 0 Å². The third kappa shape index (κ3) is 5.34. The highest BCUT2D eigenvalue weighted by atomic mass is 32.2. The highest BCUT2D eigenvalue weighted by Gasteiger charge is 2.34. The summed E-state index contributed by atoms with van der Waals surface area (Å²) in [4.78, 5) is 14.9. The molecule has 1 aliphatic carbocycles. The summed E-state index contributed by atoms with van der Waals surface area (Å²) in [7, 11) is -2.26. The van der Waals surface area contributed by atoms with Gasteiger partial charge in [0.15, 0.2) is 6.54 Å². The van der Waals surface area contributed by atoms with E-state index in [2.05, 4.69) is 99.7 Å². The molecule has 0 saturated carbocycles. The fraction of sp³-hybridized carbons (Fsp3) is 0.238. The minimum Gasteiger partial charge on any atom is -0.456 e. The van der Waals surface area contributed by atoms with Crippen LogP contribution >= 0.6 is 0 Å². The molecule has 0 unspecified atom stereocenters. The van der Waals surface area contributed by atoms with Gasteiger partial charge in [-0.2, -0.15) is 8.88 Å². The van der Waals surface area contributed by atoms with Crippen LogP contribution in [0.5, 0.6) is 0 Å². The van der Waals surface area contributed by atoms with Gasteiger partial charge in [0.2, 0.25) is 27.0 Å². The first kappa shape index (κ1) is 31.7. The van der Waals surface area contributed by atoms with E-state index in [-0.39, 0.29) is 16.7 Å². The number of rotatable bonds is 5. The van der Waals surface area contributed by atoms with Crippen molar-refractivity contribution in [1.29, 1.82) is 0 Å². The van der Waals surface area contributed by atoms with Crippen LogP contribution in [0, 0.1) is 5.92 Å². The quantitative estimate of drug-likeness (QED) is 0.160. The monoisotopic (exact) mass is 695 g/mol. The molecular weight excluding hydrogens is 657 g/mol. The van der Waals surface area contributed by atoms with Gasteiger partial charge in [-0.15, -0.1) is 0 Å². The Labute approximate surface area is 297 Å². The van der Waals surface area contributed by atoms with Crippen LogP contribution in [0.1, 0.15) is 24.0 Å². The summed E-state index contributed by atoms with van der Waals surface area (Å²) in [6.45, 7) is 2.34. The number of nitrogens with one attached hydrogen (secondary N) is 1. The van der Waals surface area contributed by atoms with Gasteiger partial charge in [-0.25, -0.2) is 8.42 Å². The summed E-state index contributed by atoms with van der Waals surface area (Å²) in [5.74, 6) is 0.470. The number of carbonyl (C=O) groups excluding carboxylic acids is 1. The first-order chi connectivity index (χ1) is 24.9. The first-order valence-electron chi connectivity index (χ1n) is 17.8. The lowest BCUT2D eigenvalue weighted by atomic mass is 9.93. The van der Waals surface area contributed by atoms with E-state index in [4.69, 9.17) is 4.42 Å². The topological polar surface area (TPSA) is 85.9 Å². The summed E-state index contributed by atoms with van der Waals surface area (Å²) in [5, 5.41) is 4.60. The van der Waals surface area contributed by atoms with Gasteiger partial charge in [-0.3, -0.25) is 4.79 Å². The third-order valence-electron chi connectivity index (χ3n) is 10.9. The summed E-state index contributed by atoms with van der Waals surface area (Å²) >= 11 is 0. The van der Waals surface area contributed by atoms with Crippen LogP contribution in [0.3, 0.4) is 0 Å². The lowest BCUT2D eigenvalue weighted by Gasteiger charge is -2.31. The molecule has 8 nitrogen and oxygen atoms in total. The van der Waals surface area contributed by atoms with Crippen LogP contribution in [0.25, 0.3) is 33.4 Å². The van der Waals surface area contributed by atoms with Crippen LogP contribution in [-0.4, -0.2) is 51.9 Å². The van der Waals surface area contributed by atoms with Crippen LogP contribution in [0.4, 0.5) is 17.1 Å². The molecule has 256 valence electrons. The van der Waals surface area contributed by atoms with Crippen molar-refractivity contribution in [3.63, 3.8) is 0 Å². The molecular formula is C42H39N4O4S+. The smallest absolute Gasteiger partial charge is 0.243 e. The maximum absolute atomic E-state index is 14.5. The second-order valence-corrected chi connectivity index (χ2v) is 15.6. The number of carbonyl (C=O) groups is 1. The molecule has 0 bridgehead atoms. The number of fused-ring (bicyclic) bond motifs is 4. The summed E-state index contributed by atoms with van der Waals surface area (Å²) in [6, 6.07) is 36.9. The standard InChI is InChI=1S/C42H38N4O4S/c1-43-42(47)30-18-22-44(23-19-30)51(48,49)40-13-7-4-10-35(40)41-33-16-14-31(45-24-20-28-8-2-5-11-36(28)45)26-38(33)50-39-27-32(15-17-34(39)41)46-25-21-29-9-3-6-12-37(29)46/h2-17,26-27,30H,18-25H2,1H3/p+1. The van der Waals surface area contributed by atoms with E-state index in [0.29, 0.717) is 42.8 Å². The molecule has 4 aliphatic heterocycles. The van der Waals surface area contributed by atoms with E-state index in [1.165, 1.54) is 26.8 Å². The van der Waals surface area contributed by atoms with E-state index in [0.717, 1.165) is 53.5 Å². The van der Waals surface area contributed by atoms with E-state index in [1.807, 2.05) is 12.1 Å². The number of benzene rings is 5. The molecule has 9 rings (SSSR count). The second-order valence-electron chi connectivity index (χ2n) is 13.7. The Bertz CT molecular complexity index is 2500. The zero-order chi connectivity index (χ0) is 34.7. The van der Waals surface area contributed by atoms with E-state index >= 15 is 0 Å². The van der Waals surface area contributed by atoms with E-state index in [9.17, 15) is 13.2 Å². The summed E-state index contributed by atoms with van der Waals surface area (Å²) < 4.78 is 39.6. The molecule has 1 amide bonds. The molecule has 0 spiro atoms. The van der Waals surface area contributed by atoms with Gasteiger partial charge >= 0.3 is 0 Å². The molecule has 4 heterocycles. The van der Waals surface area contributed by atoms with Crippen molar-refractivity contribution in [3.05, 3.63) is 126 Å². The Morgan fingerprint density at radius 2 is 1.57 bits per heavy atom. The Hall–Kier alpha value is -5.25. The lowest BCUT2D eigenvalue weighted by Crippen LogP contribution is -2.42. The summed E-state index contributed by atoms with van der Waals surface area (Å²) in [6.07, 6.45) is 2.92. The molecule has 51 heavy (non-hydrogen) atoms. The maximum Gasteiger partial charge on any atom is 0.243 e. The molecule has 0 aromatic heterocycles. The number of piperidine rings is 1. The predicted molar refractivity (Wildman–Crippen MR) is 201 cm³/mol. The molecule has 1 fully saturated rings. The van der Waals surface area contributed by atoms with Crippen LogP contribution in [0.15, 0.2) is 119 Å². The molecule has 5 aliphatic rings. The lowest BCUT2D eigenvalue weighted by molar-refractivity contribution is -0.125. The average Bonchev–Trinajstić information content (AvgIpc) is 3.81. The molecule has 1 N–H and O–H groups in total. The number of amides is 1. The van der Waals surface area contributed by atoms with Gasteiger partial charge in [0.05, 0.1) is 11.0 Å². The van der Waals surface area contributed by atoms with Crippen molar-refractivity contribution in [2.45, 2.75) is 30.6 Å². The average molecular weight is 696 g/mol. The number of nitrogens with zero attached hydrogens (tertiary/aromatic N) is 3. The van der Waals surface area contributed by atoms with Gasteiger partial charge in [0, 0.05) is 96.2 Å². The Balaban J connectivity index is 1.23. The highest BCUT2D eigenvalue weighted by molar-refractivity contribution is 7.89. The van der Waals surface area contributed by atoms with Crippen molar-refractivity contribution < 1.29 is 17.6 Å². The fourth-order valence-electron chi connectivity index (χ4n) is 8.31. The van der Waals surface area contributed by atoms with Crippen LogP contribution in [0.2, 0.25) is 0 Å². The molecule has 4 aromatic carbocycles. The number of sulfonamides is 1. The Morgan fingerprint density at radius 3 is 2.41 bits per heavy atom. The normalized spacial score (nSPS) is 17.5. The number of hydrogen-bond acceptors (Lipinski definition) is 5. The summed E-state index contributed by atoms with van der Waals surface area (Å²) in [5.41, 5.74) is 9.07. The van der Waals surface area contributed by atoms with E-state index in [1.54, 1.807) is 19.2 Å². The van der Waals surface area contributed by atoms with Crippen LogP contribution in [-0.2, 0) is 27.7 Å². The molecule has 0 atom stereocenters. The maximum atomic E-state index is 14.5. The highest BCUT2D eigenvalue weighted by Crippen LogP contribution is 2.45.